The molecule has 0 atom stereocenters. The van der Waals surface area contributed by atoms with E-state index >= 15 is 0 Å². The maximum Gasteiger partial charge on any atom is 0.342 e. The van der Waals surface area contributed by atoms with Crippen LogP contribution < -0.4 is 10.1 Å². The Morgan fingerprint density at radius 2 is 2.00 bits per heavy atom. The fourth-order valence-corrected chi connectivity index (χ4v) is 2.11. The second kappa shape index (κ2) is 8.26. The first-order chi connectivity index (χ1) is 12.3. The van der Waals surface area contributed by atoms with Crippen LogP contribution in [0.4, 0.5) is 15.8 Å². The van der Waals surface area contributed by atoms with E-state index in [1.807, 2.05) is 0 Å². The summed E-state index contributed by atoms with van der Waals surface area (Å²) in [6, 6.07) is 7.00. The molecule has 2 rings (SSSR count). The van der Waals surface area contributed by atoms with Gasteiger partial charge in [0.25, 0.3) is 11.6 Å². The van der Waals surface area contributed by atoms with Crippen LogP contribution in [0.15, 0.2) is 36.4 Å². The summed E-state index contributed by atoms with van der Waals surface area (Å²) in [7, 11) is 1.27. The predicted octanol–water partition coefficient (Wildman–Crippen LogP) is 3.19. The van der Waals surface area contributed by atoms with E-state index in [9.17, 15) is 24.1 Å². The molecule has 26 heavy (non-hydrogen) atoms. The van der Waals surface area contributed by atoms with Gasteiger partial charge in [-0.15, -0.1) is 0 Å². The number of non-ortho nitro benzene ring substituents is 1. The first-order valence-corrected chi connectivity index (χ1v) is 7.44. The summed E-state index contributed by atoms with van der Waals surface area (Å²) < 4.78 is 23.4. The molecule has 0 saturated carbocycles. The standard InChI is InChI=1S/C16H12ClFN2O6/c1-25-14-5-3-10(20(23)24)7-11(14)16(22)26-8-15(21)19-13-4-2-9(17)6-12(13)18/h2-7H,8H2,1H3,(H,19,21). The maximum absolute atomic E-state index is 13.6. The Balaban J connectivity index is 2.05. The summed E-state index contributed by atoms with van der Waals surface area (Å²) in [4.78, 5) is 34.0. The number of nitro groups is 1. The van der Waals surface area contributed by atoms with E-state index < -0.39 is 29.2 Å². The van der Waals surface area contributed by atoms with Crippen LogP contribution in [0.25, 0.3) is 0 Å². The van der Waals surface area contributed by atoms with Crippen molar-refractivity contribution in [1.82, 2.24) is 0 Å². The summed E-state index contributed by atoms with van der Waals surface area (Å²) in [6.45, 7) is -0.729. The molecule has 1 amide bonds. The Kier molecular flexibility index (Phi) is 6.07. The molecule has 0 radical (unpaired) electrons. The number of rotatable bonds is 6. The van der Waals surface area contributed by atoms with E-state index in [-0.39, 0.29) is 27.7 Å². The van der Waals surface area contributed by atoms with E-state index in [0.717, 1.165) is 18.2 Å². The zero-order chi connectivity index (χ0) is 19.3. The van der Waals surface area contributed by atoms with Gasteiger partial charge in [-0.05, 0) is 24.3 Å². The van der Waals surface area contributed by atoms with Gasteiger partial charge >= 0.3 is 5.97 Å². The number of nitro benzene ring substituents is 1. The molecule has 0 spiro atoms. The molecule has 0 heterocycles. The van der Waals surface area contributed by atoms with Crippen molar-refractivity contribution in [2.24, 2.45) is 0 Å². The number of nitrogens with one attached hydrogen (secondary N) is 1. The number of methoxy groups -OCH3 is 1. The van der Waals surface area contributed by atoms with E-state index in [0.29, 0.717) is 0 Å². The highest BCUT2D eigenvalue weighted by Crippen LogP contribution is 2.25. The smallest absolute Gasteiger partial charge is 0.342 e. The minimum atomic E-state index is -1.00. The number of hydrogen-bond acceptors (Lipinski definition) is 6. The van der Waals surface area contributed by atoms with Crippen LogP contribution in [0.3, 0.4) is 0 Å². The molecule has 136 valence electrons. The molecule has 0 aliphatic carbocycles. The number of benzene rings is 2. The summed E-state index contributed by atoms with van der Waals surface area (Å²) >= 11 is 5.61. The monoisotopic (exact) mass is 382 g/mol. The van der Waals surface area contributed by atoms with Gasteiger partial charge in [-0.2, -0.15) is 0 Å². The van der Waals surface area contributed by atoms with Crippen molar-refractivity contribution in [2.45, 2.75) is 0 Å². The average molecular weight is 383 g/mol. The number of amides is 1. The molecule has 0 aliphatic heterocycles. The molecule has 10 heteroatoms. The number of anilines is 1. The second-order valence-corrected chi connectivity index (χ2v) is 5.33. The van der Waals surface area contributed by atoms with Gasteiger partial charge < -0.3 is 14.8 Å². The highest BCUT2D eigenvalue weighted by molar-refractivity contribution is 6.30. The number of halogens is 2. The van der Waals surface area contributed by atoms with Crippen LogP contribution in [0, 0.1) is 15.9 Å². The van der Waals surface area contributed by atoms with Gasteiger partial charge in [0.2, 0.25) is 0 Å². The molecule has 0 bridgehead atoms. The lowest BCUT2D eigenvalue weighted by Crippen LogP contribution is -2.21. The Hall–Kier alpha value is -3.20. The third-order valence-corrected chi connectivity index (χ3v) is 3.39. The van der Waals surface area contributed by atoms with E-state index in [4.69, 9.17) is 21.1 Å². The van der Waals surface area contributed by atoms with Gasteiger partial charge in [0, 0.05) is 17.2 Å². The first kappa shape index (κ1) is 19.1. The van der Waals surface area contributed by atoms with E-state index in [1.54, 1.807) is 0 Å². The Labute approximate surface area is 151 Å². The highest BCUT2D eigenvalue weighted by atomic mass is 35.5. The lowest BCUT2D eigenvalue weighted by atomic mass is 10.2. The second-order valence-electron chi connectivity index (χ2n) is 4.89. The minimum Gasteiger partial charge on any atom is -0.496 e. The molecule has 0 saturated heterocycles. The van der Waals surface area contributed by atoms with Crippen LogP contribution in [0.2, 0.25) is 5.02 Å². The van der Waals surface area contributed by atoms with Gasteiger partial charge in [-0.3, -0.25) is 14.9 Å². The van der Waals surface area contributed by atoms with Crippen molar-refractivity contribution in [1.29, 1.82) is 0 Å². The number of ether oxygens (including phenoxy) is 2. The average Bonchev–Trinajstić information content (AvgIpc) is 2.61. The number of carbonyl (C=O) groups is 2. The van der Waals surface area contributed by atoms with Gasteiger partial charge in [-0.1, -0.05) is 11.6 Å². The van der Waals surface area contributed by atoms with Gasteiger partial charge in [-0.25, -0.2) is 9.18 Å². The van der Waals surface area contributed by atoms with Gasteiger partial charge in [0.05, 0.1) is 17.7 Å². The van der Waals surface area contributed by atoms with Crippen LogP contribution in [0.1, 0.15) is 10.4 Å². The number of esters is 1. The van der Waals surface area contributed by atoms with Crippen LogP contribution in [-0.2, 0) is 9.53 Å². The van der Waals surface area contributed by atoms with Gasteiger partial charge in [0.1, 0.15) is 17.1 Å². The zero-order valence-electron chi connectivity index (χ0n) is 13.3. The third kappa shape index (κ3) is 4.67. The van der Waals surface area contributed by atoms with Crippen molar-refractivity contribution in [3.63, 3.8) is 0 Å². The Morgan fingerprint density at radius 3 is 2.62 bits per heavy atom. The zero-order valence-corrected chi connectivity index (χ0v) is 14.1. The molecule has 0 fully saturated rings. The van der Waals surface area contributed by atoms with E-state index in [1.165, 1.54) is 25.3 Å². The molecule has 2 aromatic carbocycles. The van der Waals surface area contributed by atoms with E-state index in [2.05, 4.69) is 5.32 Å². The molecule has 0 unspecified atom stereocenters. The van der Waals surface area contributed by atoms with Gasteiger partial charge in [0.15, 0.2) is 6.61 Å². The third-order valence-electron chi connectivity index (χ3n) is 3.15. The molecular formula is C16H12ClFN2O6. The minimum absolute atomic E-state index is 0.0461. The number of nitrogens with zero attached hydrogens (tertiary/aromatic N) is 1. The largest absolute Gasteiger partial charge is 0.496 e. The Bertz CT molecular complexity index is 874. The molecule has 8 nitrogen and oxygen atoms in total. The van der Waals surface area contributed by atoms with Crippen LogP contribution >= 0.6 is 11.6 Å². The fourth-order valence-electron chi connectivity index (χ4n) is 1.96. The molecular weight excluding hydrogens is 371 g/mol. The maximum atomic E-state index is 13.6. The fraction of sp³-hybridized carbons (Fsp3) is 0.125. The topological polar surface area (TPSA) is 108 Å². The van der Waals surface area contributed by atoms with Crippen molar-refractivity contribution >= 4 is 34.9 Å². The van der Waals surface area contributed by atoms with Crippen molar-refractivity contribution in [3.8, 4) is 5.75 Å². The number of carbonyl (C=O) groups excluding carboxylic acids is 2. The predicted molar refractivity (Wildman–Crippen MR) is 90.0 cm³/mol. The SMILES string of the molecule is COc1ccc([N+](=O)[O-])cc1C(=O)OCC(=O)Nc1ccc(Cl)cc1F. The Morgan fingerprint density at radius 1 is 1.27 bits per heavy atom. The quantitative estimate of drug-likeness (QED) is 0.467. The summed E-state index contributed by atoms with van der Waals surface area (Å²) in [5, 5.41) is 13.2. The van der Waals surface area contributed by atoms with Crippen LogP contribution in [0.5, 0.6) is 5.75 Å². The first-order valence-electron chi connectivity index (χ1n) is 7.06. The summed E-state index contributed by atoms with van der Waals surface area (Å²) in [6.07, 6.45) is 0. The number of hydrogen-bond donors (Lipinski definition) is 1. The lowest BCUT2D eigenvalue weighted by Gasteiger charge is -2.09. The normalized spacial score (nSPS) is 10.1. The molecule has 0 aliphatic rings. The molecule has 2 aromatic rings. The molecule has 0 aromatic heterocycles. The van der Waals surface area contributed by atoms with Crippen molar-refractivity contribution in [2.75, 3.05) is 19.0 Å². The highest BCUT2D eigenvalue weighted by Gasteiger charge is 2.20. The summed E-state index contributed by atoms with van der Waals surface area (Å²) in [5.74, 6) is -2.51. The van der Waals surface area contributed by atoms with Crippen LogP contribution in [-0.4, -0.2) is 30.5 Å². The van der Waals surface area contributed by atoms with Crippen molar-refractivity contribution < 1.29 is 28.4 Å². The lowest BCUT2D eigenvalue weighted by molar-refractivity contribution is -0.384. The van der Waals surface area contributed by atoms with Crippen molar-refractivity contribution in [3.05, 3.63) is 62.9 Å². The summed E-state index contributed by atoms with van der Waals surface area (Å²) in [5.41, 5.74) is -0.694. The molecule has 1 N–H and O–H groups in total.